The molecule has 5 nitrogen and oxygen atoms in total. The van der Waals surface area contributed by atoms with Gasteiger partial charge in [-0.2, -0.15) is 5.10 Å². The summed E-state index contributed by atoms with van der Waals surface area (Å²) in [4.78, 5) is 4.26. The van der Waals surface area contributed by atoms with Crippen molar-refractivity contribution in [3.8, 4) is 0 Å². The van der Waals surface area contributed by atoms with E-state index in [-0.39, 0.29) is 0 Å². The van der Waals surface area contributed by atoms with Gasteiger partial charge in [0.1, 0.15) is 6.33 Å². The summed E-state index contributed by atoms with van der Waals surface area (Å²) < 4.78 is 7.63. The molecule has 1 heterocycles. The van der Waals surface area contributed by atoms with Crippen LogP contribution in [0.3, 0.4) is 0 Å². The van der Waals surface area contributed by atoms with E-state index in [1.165, 1.54) is 25.7 Å². The third kappa shape index (κ3) is 2.30. The predicted molar refractivity (Wildman–Crippen MR) is 72.8 cm³/mol. The first-order valence-corrected chi connectivity index (χ1v) is 7.44. The largest absolute Gasteiger partial charge is 0.378 e. The molecule has 5 heteroatoms. The quantitative estimate of drug-likeness (QED) is 0.841. The van der Waals surface area contributed by atoms with Gasteiger partial charge in [0, 0.05) is 38.1 Å². The Balaban J connectivity index is 1.46. The lowest BCUT2D eigenvalue weighted by atomic mass is 9.51. The van der Waals surface area contributed by atoms with Gasteiger partial charge in [-0.1, -0.05) is 6.42 Å². The fourth-order valence-electron chi connectivity index (χ4n) is 3.58. The molecule has 106 valence electrons. The van der Waals surface area contributed by atoms with Crippen molar-refractivity contribution in [1.82, 2.24) is 20.1 Å². The molecule has 2 atom stereocenters. The third-order valence-electron chi connectivity index (χ3n) is 4.82. The molecule has 1 aromatic heterocycles. The average molecular weight is 264 g/mol. The lowest BCUT2D eigenvalue weighted by Crippen LogP contribution is -2.67. The van der Waals surface area contributed by atoms with E-state index in [9.17, 15) is 0 Å². The van der Waals surface area contributed by atoms with Crippen molar-refractivity contribution in [1.29, 1.82) is 0 Å². The first-order chi connectivity index (χ1) is 9.24. The Labute approximate surface area is 114 Å². The highest BCUT2D eigenvalue weighted by Gasteiger charge is 2.58. The van der Waals surface area contributed by atoms with Gasteiger partial charge in [0.25, 0.3) is 0 Å². The van der Waals surface area contributed by atoms with Gasteiger partial charge in [-0.15, -0.1) is 0 Å². The molecular weight excluding hydrogens is 240 g/mol. The van der Waals surface area contributed by atoms with Gasteiger partial charge in [-0.05, 0) is 26.2 Å². The first kappa shape index (κ1) is 13.1. The first-order valence-electron chi connectivity index (χ1n) is 7.44. The highest BCUT2D eigenvalue weighted by molar-refractivity contribution is 5.12. The summed E-state index contributed by atoms with van der Waals surface area (Å²) in [7, 11) is 1.91. The van der Waals surface area contributed by atoms with Crippen molar-refractivity contribution in [2.24, 2.45) is 12.5 Å². The Morgan fingerprint density at radius 2 is 2.37 bits per heavy atom. The maximum Gasteiger partial charge on any atom is 0.151 e. The summed E-state index contributed by atoms with van der Waals surface area (Å²) in [5.74, 6) is 0.929. The average Bonchev–Trinajstić information content (AvgIpc) is 2.70. The van der Waals surface area contributed by atoms with E-state index in [1.54, 1.807) is 11.0 Å². The van der Waals surface area contributed by atoms with E-state index < -0.39 is 0 Å². The molecule has 0 bridgehead atoms. The van der Waals surface area contributed by atoms with Crippen LogP contribution < -0.4 is 5.32 Å². The minimum atomic E-state index is 0.452. The summed E-state index contributed by atoms with van der Waals surface area (Å²) in [6.45, 7) is 3.91. The zero-order valence-corrected chi connectivity index (χ0v) is 11.9. The van der Waals surface area contributed by atoms with E-state index in [0.717, 1.165) is 25.4 Å². The standard InChI is InChI=1S/C14H24N4O/c1-3-19-12-9-11(14(12)6-4-7-14)15-8-5-13-16-10-18(2)17-13/h10-12,15H,3-9H2,1-2H3. The topological polar surface area (TPSA) is 52.0 Å². The van der Waals surface area contributed by atoms with Gasteiger partial charge in [0.05, 0.1) is 6.10 Å². The minimum absolute atomic E-state index is 0.452. The summed E-state index contributed by atoms with van der Waals surface area (Å²) in [5, 5.41) is 8.00. The molecule has 1 N–H and O–H groups in total. The van der Waals surface area contributed by atoms with Gasteiger partial charge < -0.3 is 10.1 Å². The van der Waals surface area contributed by atoms with Crippen LogP contribution >= 0.6 is 0 Å². The molecule has 2 saturated carbocycles. The number of nitrogens with zero attached hydrogens (tertiary/aromatic N) is 3. The molecule has 2 aliphatic carbocycles. The Morgan fingerprint density at radius 1 is 1.53 bits per heavy atom. The van der Waals surface area contributed by atoms with Crippen LogP contribution in [0, 0.1) is 5.41 Å². The van der Waals surface area contributed by atoms with Crippen molar-refractivity contribution in [2.75, 3.05) is 13.2 Å². The van der Waals surface area contributed by atoms with Crippen LogP contribution in [0.2, 0.25) is 0 Å². The second kappa shape index (κ2) is 5.21. The van der Waals surface area contributed by atoms with Crippen LogP contribution in [0.4, 0.5) is 0 Å². The molecule has 0 radical (unpaired) electrons. The maximum absolute atomic E-state index is 5.87. The molecule has 0 saturated heterocycles. The molecule has 1 spiro atoms. The van der Waals surface area contributed by atoms with Crippen molar-refractivity contribution < 1.29 is 4.74 Å². The molecule has 2 fully saturated rings. The molecule has 1 aromatic rings. The second-order valence-electron chi connectivity index (χ2n) is 5.86. The number of hydrogen-bond acceptors (Lipinski definition) is 4. The van der Waals surface area contributed by atoms with E-state index in [1.807, 2.05) is 7.05 Å². The van der Waals surface area contributed by atoms with Crippen LogP contribution in [-0.2, 0) is 18.2 Å². The zero-order valence-electron chi connectivity index (χ0n) is 11.9. The highest BCUT2D eigenvalue weighted by Crippen LogP contribution is 2.57. The fourth-order valence-corrected chi connectivity index (χ4v) is 3.58. The Hall–Kier alpha value is -0.940. The smallest absolute Gasteiger partial charge is 0.151 e. The van der Waals surface area contributed by atoms with Crippen LogP contribution in [-0.4, -0.2) is 40.1 Å². The van der Waals surface area contributed by atoms with Crippen LogP contribution in [0.1, 0.15) is 38.4 Å². The Kier molecular flexibility index (Phi) is 3.58. The summed E-state index contributed by atoms with van der Waals surface area (Å²) in [5.41, 5.74) is 0.452. The molecule has 3 rings (SSSR count). The molecule has 0 amide bonds. The number of nitrogens with one attached hydrogen (secondary N) is 1. The summed E-state index contributed by atoms with van der Waals surface area (Å²) >= 11 is 0. The molecule has 19 heavy (non-hydrogen) atoms. The normalized spacial score (nSPS) is 28.1. The minimum Gasteiger partial charge on any atom is -0.378 e. The van der Waals surface area contributed by atoms with E-state index >= 15 is 0 Å². The van der Waals surface area contributed by atoms with Gasteiger partial charge >= 0.3 is 0 Å². The van der Waals surface area contributed by atoms with E-state index in [2.05, 4.69) is 22.3 Å². The van der Waals surface area contributed by atoms with Gasteiger partial charge in [0.15, 0.2) is 5.82 Å². The number of ether oxygens (including phenoxy) is 1. The van der Waals surface area contributed by atoms with Crippen molar-refractivity contribution in [3.05, 3.63) is 12.2 Å². The SMILES string of the molecule is CCOC1CC(NCCc2ncn(C)n2)C12CCC2. The van der Waals surface area contributed by atoms with E-state index in [0.29, 0.717) is 17.6 Å². The molecule has 2 aliphatic rings. The highest BCUT2D eigenvalue weighted by atomic mass is 16.5. The monoisotopic (exact) mass is 264 g/mol. The number of rotatable bonds is 6. The van der Waals surface area contributed by atoms with Crippen molar-refractivity contribution in [3.63, 3.8) is 0 Å². The molecule has 2 unspecified atom stereocenters. The van der Waals surface area contributed by atoms with Crippen LogP contribution in [0.5, 0.6) is 0 Å². The van der Waals surface area contributed by atoms with Gasteiger partial charge in [-0.3, -0.25) is 4.68 Å². The van der Waals surface area contributed by atoms with Crippen LogP contribution in [0.15, 0.2) is 6.33 Å². The molecule has 0 aromatic carbocycles. The van der Waals surface area contributed by atoms with Crippen molar-refractivity contribution in [2.45, 2.75) is 51.2 Å². The fraction of sp³-hybridized carbons (Fsp3) is 0.857. The molecular formula is C14H24N4O. The Morgan fingerprint density at radius 3 is 2.95 bits per heavy atom. The number of aryl methyl sites for hydroxylation is 1. The van der Waals surface area contributed by atoms with Gasteiger partial charge in [-0.25, -0.2) is 4.98 Å². The number of hydrogen-bond donors (Lipinski definition) is 1. The van der Waals surface area contributed by atoms with Gasteiger partial charge in [0.2, 0.25) is 0 Å². The maximum atomic E-state index is 5.87. The lowest BCUT2D eigenvalue weighted by molar-refractivity contribution is -0.172. The lowest BCUT2D eigenvalue weighted by Gasteiger charge is -2.61. The number of aromatic nitrogens is 3. The predicted octanol–water partition coefficient (Wildman–Crippen LogP) is 1.29. The third-order valence-corrected chi connectivity index (χ3v) is 4.82. The molecule has 0 aliphatic heterocycles. The summed E-state index contributed by atoms with van der Waals surface area (Å²) in [6, 6.07) is 0.640. The summed E-state index contributed by atoms with van der Waals surface area (Å²) in [6.07, 6.45) is 8.36. The van der Waals surface area contributed by atoms with Crippen LogP contribution in [0.25, 0.3) is 0 Å². The second-order valence-corrected chi connectivity index (χ2v) is 5.86. The Bertz CT molecular complexity index is 427. The van der Waals surface area contributed by atoms with E-state index in [4.69, 9.17) is 4.74 Å². The zero-order chi connectivity index (χ0) is 13.3. The van der Waals surface area contributed by atoms with Crippen molar-refractivity contribution >= 4 is 0 Å².